The second kappa shape index (κ2) is 4.35. The fourth-order valence-corrected chi connectivity index (χ4v) is 1.69. The minimum Gasteiger partial charge on any atom is -0.482 e. The minimum absolute atomic E-state index is 0.0442. The number of carbonyl (C=O) groups is 2. The minimum atomic E-state index is -0.171. The maximum Gasteiger partial charge on any atom is 0.265 e. The first-order valence-electron chi connectivity index (χ1n) is 5.20. The summed E-state index contributed by atoms with van der Waals surface area (Å²) in [5.74, 6) is 0.419. The van der Waals surface area contributed by atoms with Crippen molar-refractivity contribution in [3.63, 3.8) is 0 Å². The van der Waals surface area contributed by atoms with E-state index in [0.717, 1.165) is 12.0 Å². The molecule has 16 heavy (non-hydrogen) atoms. The Morgan fingerprint density at radius 3 is 3.00 bits per heavy atom. The molecule has 4 nitrogen and oxygen atoms in total. The smallest absolute Gasteiger partial charge is 0.265 e. The summed E-state index contributed by atoms with van der Waals surface area (Å²) in [7, 11) is 0. The molecule has 0 aliphatic carbocycles. The molecule has 84 valence electrons. The molecule has 0 saturated heterocycles. The van der Waals surface area contributed by atoms with E-state index in [0.29, 0.717) is 12.3 Å². The van der Waals surface area contributed by atoms with Crippen LogP contribution in [-0.2, 0) is 9.59 Å². The Morgan fingerprint density at radius 1 is 1.50 bits per heavy atom. The third kappa shape index (κ3) is 1.91. The van der Waals surface area contributed by atoms with E-state index in [1.807, 2.05) is 24.3 Å². The summed E-state index contributed by atoms with van der Waals surface area (Å²) in [6.45, 7) is 2.24. The van der Waals surface area contributed by atoms with Crippen molar-refractivity contribution >= 4 is 17.9 Å². The number of aldehydes is 1. The van der Waals surface area contributed by atoms with E-state index in [-0.39, 0.29) is 18.4 Å². The van der Waals surface area contributed by atoms with Gasteiger partial charge in [0, 0.05) is 12.5 Å². The van der Waals surface area contributed by atoms with E-state index in [4.69, 9.17) is 4.74 Å². The van der Waals surface area contributed by atoms with Crippen LogP contribution in [-0.4, -0.2) is 25.3 Å². The molecule has 2 rings (SSSR count). The number of nitrogens with zero attached hydrogens (tertiary/aromatic N) is 1. The molecule has 4 heteroatoms. The first-order valence-corrected chi connectivity index (χ1v) is 5.20. The average molecular weight is 219 g/mol. The molecule has 0 radical (unpaired) electrons. The van der Waals surface area contributed by atoms with Crippen molar-refractivity contribution in [1.29, 1.82) is 0 Å². The van der Waals surface area contributed by atoms with Gasteiger partial charge in [0.1, 0.15) is 12.0 Å². The van der Waals surface area contributed by atoms with Crippen LogP contribution in [0, 0.1) is 5.92 Å². The maximum absolute atomic E-state index is 11.7. The molecule has 1 aromatic carbocycles. The van der Waals surface area contributed by atoms with Crippen LogP contribution in [0.1, 0.15) is 6.92 Å². The van der Waals surface area contributed by atoms with Crippen LogP contribution >= 0.6 is 0 Å². The van der Waals surface area contributed by atoms with Crippen LogP contribution < -0.4 is 9.64 Å². The zero-order valence-electron chi connectivity index (χ0n) is 9.05. The Morgan fingerprint density at radius 2 is 2.25 bits per heavy atom. The summed E-state index contributed by atoms with van der Waals surface area (Å²) >= 11 is 0. The van der Waals surface area contributed by atoms with Crippen LogP contribution in [0.25, 0.3) is 0 Å². The van der Waals surface area contributed by atoms with Gasteiger partial charge in [0.05, 0.1) is 5.69 Å². The highest BCUT2D eigenvalue weighted by Crippen LogP contribution is 2.31. The molecule has 1 aliphatic heterocycles. The van der Waals surface area contributed by atoms with Gasteiger partial charge in [-0.2, -0.15) is 0 Å². The molecular formula is C12H13NO3. The van der Waals surface area contributed by atoms with E-state index < -0.39 is 0 Å². The molecule has 0 saturated carbocycles. The summed E-state index contributed by atoms with van der Waals surface area (Å²) in [5, 5.41) is 0. The monoisotopic (exact) mass is 219 g/mol. The van der Waals surface area contributed by atoms with Crippen LogP contribution in [0.3, 0.4) is 0 Å². The van der Waals surface area contributed by atoms with Gasteiger partial charge < -0.3 is 14.4 Å². The van der Waals surface area contributed by atoms with E-state index in [2.05, 4.69) is 0 Å². The van der Waals surface area contributed by atoms with Crippen molar-refractivity contribution in [2.75, 3.05) is 18.1 Å². The quantitative estimate of drug-likeness (QED) is 0.719. The summed E-state index contributed by atoms with van der Waals surface area (Å²) < 4.78 is 5.30. The highest BCUT2D eigenvalue weighted by atomic mass is 16.5. The number of ether oxygens (including phenoxy) is 1. The summed E-state index contributed by atoms with van der Waals surface area (Å²) in [5.41, 5.74) is 0.743. The number of amides is 1. The van der Waals surface area contributed by atoms with Gasteiger partial charge in [0.15, 0.2) is 6.61 Å². The van der Waals surface area contributed by atoms with Crippen molar-refractivity contribution in [1.82, 2.24) is 0 Å². The molecule has 1 aromatic rings. The zero-order valence-corrected chi connectivity index (χ0v) is 9.05. The number of carbonyl (C=O) groups excluding carboxylic acids is 2. The predicted molar refractivity (Wildman–Crippen MR) is 59.5 cm³/mol. The molecule has 0 fully saturated rings. The van der Waals surface area contributed by atoms with Gasteiger partial charge in [-0.05, 0) is 12.1 Å². The van der Waals surface area contributed by atoms with Gasteiger partial charge in [0.2, 0.25) is 0 Å². The molecule has 1 amide bonds. The Balaban J connectivity index is 2.29. The molecule has 0 aromatic heterocycles. The summed E-state index contributed by atoms with van der Waals surface area (Å²) in [4.78, 5) is 23.9. The summed E-state index contributed by atoms with van der Waals surface area (Å²) in [6, 6.07) is 7.35. The van der Waals surface area contributed by atoms with E-state index in [1.165, 1.54) is 0 Å². The van der Waals surface area contributed by atoms with E-state index in [1.54, 1.807) is 11.8 Å². The topological polar surface area (TPSA) is 46.6 Å². The molecule has 0 bridgehead atoms. The van der Waals surface area contributed by atoms with Crippen LogP contribution in [0.2, 0.25) is 0 Å². The van der Waals surface area contributed by atoms with Gasteiger partial charge in [-0.1, -0.05) is 19.1 Å². The SMILES string of the molecule is CC(C=O)CN1C(=O)COc2ccccc21. The number of para-hydroxylation sites is 2. The molecule has 0 N–H and O–H groups in total. The molecule has 0 spiro atoms. The lowest BCUT2D eigenvalue weighted by atomic mass is 10.1. The molecule has 1 unspecified atom stereocenters. The van der Waals surface area contributed by atoms with E-state index >= 15 is 0 Å². The van der Waals surface area contributed by atoms with E-state index in [9.17, 15) is 9.59 Å². The Hall–Kier alpha value is -1.84. The highest BCUT2D eigenvalue weighted by molar-refractivity contribution is 5.98. The third-order valence-electron chi connectivity index (χ3n) is 2.51. The lowest BCUT2D eigenvalue weighted by Crippen LogP contribution is -2.41. The van der Waals surface area contributed by atoms with Crippen molar-refractivity contribution in [2.45, 2.75) is 6.92 Å². The number of rotatable bonds is 3. The zero-order chi connectivity index (χ0) is 11.5. The van der Waals surface area contributed by atoms with Gasteiger partial charge in [0.25, 0.3) is 5.91 Å². The van der Waals surface area contributed by atoms with Crippen molar-refractivity contribution < 1.29 is 14.3 Å². The molecule has 1 aliphatic rings. The van der Waals surface area contributed by atoms with Crippen molar-refractivity contribution in [2.24, 2.45) is 5.92 Å². The average Bonchev–Trinajstić information content (AvgIpc) is 2.32. The molecule has 1 atom stereocenters. The summed E-state index contributed by atoms with van der Waals surface area (Å²) in [6.07, 6.45) is 0.853. The van der Waals surface area contributed by atoms with Gasteiger partial charge in [-0.15, -0.1) is 0 Å². The second-order valence-corrected chi connectivity index (χ2v) is 3.87. The van der Waals surface area contributed by atoms with Crippen molar-refractivity contribution in [3.05, 3.63) is 24.3 Å². The largest absolute Gasteiger partial charge is 0.482 e. The number of hydrogen-bond donors (Lipinski definition) is 0. The van der Waals surface area contributed by atoms with Gasteiger partial charge >= 0.3 is 0 Å². The first-order chi connectivity index (χ1) is 7.72. The van der Waals surface area contributed by atoms with Crippen LogP contribution in [0.15, 0.2) is 24.3 Å². The maximum atomic E-state index is 11.7. The number of benzene rings is 1. The normalized spacial score (nSPS) is 16.3. The Bertz CT molecular complexity index is 416. The van der Waals surface area contributed by atoms with Crippen LogP contribution in [0.5, 0.6) is 5.75 Å². The Labute approximate surface area is 93.8 Å². The second-order valence-electron chi connectivity index (χ2n) is 3.87. The fraction of sp³-hybridized carbons (Fsp3) is 0.333. The standard InChI is InChI=1S/C12H13NO3/c1-9(7-14)6-13-10-4-2-3-5-11(10)16-8-12(13)15/h2-5,7,9H,6,8H2,1H3. The van der Waals surface area contributed by atoms with Gasteiger partial charge in [-0.3, -0.25) is 4.79 Å². The molecule has 1 heterocycles. The van der Waals surface area contributed by atoms with Gasteiger partial charge in [-0.25, -0.2) is 0 Å². The first kappa shape index (κ1) is 10.7. The fourth-order valence-electron chi connectivity index (χ4n) is 1.69. The number of hydrogen-bond acceptors (Lipinski definition) is 3. The number of anilines is 1. The Kier molecular flexibility index (Phi) is 2.90. The third-order valence-corrected chi connectivity index (χ3v) is 2.51. The molecular weight excluding hydrogens is 206 g/mol. The number of fused-ring (bicyclic) bond motifs is 1. The lowest BCUT2D eigenvalue weighted by Gasteiger charge is -2.30. The predicted octanol–water partition coefficient (Wildman–Crippen LogP) is 1.25. The lowest BCUT2D eigenvalue weighted by molar-refractivity contribution is -0.121. The highest BCUT2D eigenvalue weighted by Gasteiger charge is 2.25. The van der Waals surface area contributed by atoms with Crippen LogP contribution in [0.4, 0.5) is 5.69 Å². The van der Waals surface area contributed by atoms with Crippen molar-refractivity contribution in [3.8, 4) is 5.75 Å².